The van der Waals surface area contributed by atoms with E-state index in [2.05, 4.69) is 5.32 Å². The number of carbonyl (C=O) groups is 2. The van der Waals surface area contributed by atoms with Gasteiger partial charge < -0.3 is 16.2 Å². The molecule has 1 rings (SSSR count). The number of amides is 1. The second kappa shape index (κ2) is 8.32. The maximum atomic E-state index is 11.9. The lowest BCUT2D eigenvalue weighted by molar-refractivity contribution is -0.138. The Labute approximate surface area is 119 Å². The highest BCUT2D eigenvalue weighted by Crippen LogP contribution is 2.07. The van der Waals surface area contributed by atoms with Crippen LogP contribution < -0.4 is 11.1 Å². The maximum Gasteiger partial charge on any atom is 0.303 e. The summed E-state index contributed by atoms with van der Waals surface area (Å²) < 4.78 is 0. The third-order valence-electron chi connectivity index (χ3n) is 3.24. The van der Waals surface area contributed by atoms with Crippen LogP contribution in [0.4, 0.5) is 0 Å². The fraction of sp³-hybridized carbons (Fsp3) is 0.467. The fourth-order valence-electron chi connectivity index (χ4n) is 1.94. The predicted molar refractivity (Wildman–Crippen MR) is 77.2 cm³/mol. The third-order valence-corrected chi connectivity index (χ3v) is 3.24. The van der Waals surface area contributed by atoms with Gasteiger partial charge in [-0.2, -0.15) is 0 Å². The molecule has 0 bridgehead atoms. The molecule has 2 atom stereocenters. The molecule has 0 fully saturated rings. The van der Waals surface area contributed by atoms with Gasteiger partial charge in [-0.15, -0.1) is 0 Å². The molecule has 2 unspecified atom stereocenters. The molecule has 5 heteroatoms. The van der Waals surface area contributed by atoms with Gasteiger partial charge in [-0.05, 0) is 17.9 Å². The molecule has 0 aromatic heterocycles. The van der Waals surface area contributed by atoms with E-state index >= 15 is 0 Å². The molecular weight excluding hydrogens is 256 g/mol. The Morgan fingerprint density at radius 1 is 1.30 bits per heavy atom. The van der Waals surface area contributed by atoms with Crippen LogP contribution in [-0.4, -0.2) is 29.6 Å². The first kappa shape index (κ1) is 16.2. The van der Waals surface area contributed by atoms with E-state index in [1.807, 2.05) is 37.3 Å². The Kier molecular flexibility index (Phi) is 6.73. The van der Waals surface area contributed by atoms with Crippen LogP contribution in [0.15, 0.2) is 30.3 Å². The van der Waals surface area contributed by atoms with Crippen LogP contribution in [0.5, 0.6) is 0 Å². The molecule has 1 aromatic rings. The minimum Gasteiger partial charge on any atom is -0.481 e. The lowest BCUT2D eigenvalue weighted by Crippen LogP contribution is -2.43. The number of carbonyl (C=O) groups excluding carboxylic acids is 1. The molecule has 1 aromatic carbocycles. The topological polar surface area (TPSA) is 92.4 Å². The summed E-state index contributed by atoms with van der Waals surface area (Å²) in [5.74, 6) is -1.14. The van der Waals surface area contributed by atoms with Crippen LogP contribution in [0.1, 0.15) is 25.3 Å². The lowest BCUT2D eigenvalue weighted by Gasteiger charge is -2.16. The van der Waals surface area contributed by atoms with Gasteiger partial charge in [0.2, 0.25) is 5.91 Å². The van der Waals surface area contributed by atoms with E-state index in [1.165, 1.54) is 0 Å². The summed E-state index contributed by atoms with van der Waals surface area (Å²) >= 11 is 0. The zero-order chi connectivity index (χ0) is 15.0. The Balaban J connectivity index is 2.39. The van der Waals surface area contributed by atoms with Gasteiger partial charge in [0, 0.05) is 13.0 Å². The molecule has 110 valence electrons. The first-order chi connectivity index (χ1) is 9.52. The average Bonchev–Trinajstić information content (AvgIpc) is 2.43. The van der Waals surface area contributed by atoms with Gasteiger partial charge in [0.05, 0.1) is 6.04 Å². The molecule has 0 aliphatic carbocycles. The minimum absolute atomic E-state index is 0.0552. The summed E-state index contributed by atoms with van der Waals surface area (Å²) in [6.07, 6.45) is 1.24. The standard InChI is InChI=1S/C15H22N2O3/c1-2-11(9-14(18)19)10-17-15(20)13(16)8-12-6-4-3-5-7-12/h3-7,11,13H,2,8-10,16H2,1H3,(H,17,20)(H,18,19). The van der Waals surface area contributed by atoms with Crippen molar-refractivity contribution >= 4 is 11.9 Å². The minimum atomic E-state index is -0.848. The molecule has 1 amide bonds. The van der Waals surface area contributed by atoms with Crippen molar-refractivity contribution in [1.82, 2.24) is 5.32 Å². The highest BCUT2D eigenvalue weighted by molar-refractivity contribution is 5.81. The normalized spacial score (nSPS) is 13.5. The summed E-state index contributed by atoms with van der Waals surface area (Å²) in [4.78, 5) is 22.5. The van der Waals surface area contributed by atoms with Crippen molar-refractivity contribution in [2.24, 2.45) is 11.7 Å². The summed E-state index contributed by atoms with van der Waals surface area (Å²) in [6, 6.07) is 8.95. The van der Waals surface area contributed by atoms with E-state index in [4.69, 9.17) is 10.8 Å². The Bertz CT molecular complexity index is 434. The molecule has 4 N–H and O–H groups in total. The molecule has 0 spiro atoms. The Hall–Kier alpha value is -1.88. The van der Waals surface area contributed by atoms with Crippen molar-refractivity contribution < 1.29 is 14.7 Å². The molecular formula is C15H22N2O3. The van der Waals surface area contributed by atoms with Gasteiger partial charge in [0.1, 0.15) is 0 Å². The molecule has 5 nitrogen and oxygen atoms in total. The van der Waals surface area contributed by atoms with Crippen molar-refractivity contribution in [3.8, 4) is 0 Å². The smallest absolute Gasteiger partial charge is 0.303 e. The van der Waals surface area contributed by atoms with Gasteiger partial charge in [-0.3, -0.25) is 9.59 Å². The van der Waals surface area contributed by atoms with Crippen molar-refractivity contribution in [3.63, 3.8) is 0 Å². The van der Waals surface area contributed by atoms with E-state index < -0.39 is 12.0 Å². The molecule has 0 aliphatic heterocycles. The first-order valence-corrected chi connectivity index (χ1v) is 6.82. The van der Waals surface area contributed by atoms with Gasteiger partial charge >= 0.3 is 5.97 Å². The van der Waals surface area contributed by atoms with Crippen molar-refractivity contribution in [3.05, 3.63) is 35.9 Å². The highest BCUT2D eigenvalue weighted by atomic mass is 16.4. The van der Waals surface area contributed by atoms with Crippen LogP contribution in [0, 0.1) is 5.92 Å². The van der Waals surface area contributed by atoms with Crippen LogP contribution in [0.2, 0.25) is 0 Å². The number of benzene rings is 1. The largest absolute Gasteiger partial charge is 0.481 e. The van der Waals surface area contributed by atoms with Crippen LogP contribution in [0.25, 0.3) is 0 Å². The molecule has 0 radical (unpaired) electrons. The van der Waals surface area contributed by atoms with Crippen molar-refractivity contribution in [1.29, 1.82) is 0 Å². The summed E-state index contributed by atoms with van der Waals surface area (Å²) in [5, 5.41) is 11.5. The second-order valence-corrected chi connectivity index (χ2v) is 4.91. The number of carboxylic acids is 1. The van der Waals surface area contributed by atoms with Crippen LogP contribution >= 0.6 is 0 Å². The monoisotopic (exact) mass is 278 g/mol. The summed E-state index contributed by atoms with van der Waals surface area (Å²) in [7, 11) is 0. The van der Waals surface area contributed by atoms with Gasteiger partial charge in [0.15, 0.2) is 0 Å². The number of hydrogen-bond donors (Lipinski definition) is 3. The van der Waals surface area contributed by atoms with Crippen molar-refractivity contribution in [2.45, 2.75) is 32.2 Å². The zero-order valence-electron chi connectivity index (χ0n) is 11.7. The number of hydrogen-bond acceptors (Lipinski definition) is 3. The molecule has 20 heavy (non-hydrogen) atoms. The lowest BCUT2D eigenvalue weighted by atomic mass is 10.0. The van der Waals surface area contributed by atoms with Crippen LogP contribution in [0.3, 0.4) is 0 Å². The molecule has 0 heterocycles. The summed E-state index contributed by atoms with van der Waals surface area (Å²) in [5.41, 5.74) is 6.86. The fourth-order valence-corrected chi connectivity index (χ4v) is 1.94. The van der Waals surface area contributed by atoms with E-state index in [1.54, 1.807) is 0 Å². The Morgan fingerprint density at radius 2 is 1.95 bits per heavy atom. The third kappa shape index (κ3) is 5.84. The zero-order valence-corrected chi connectivity index (χ0v) is 11.7. The number of aliphatic carboxylic acids is 1. The van der Waals surface area contributed by atoms with Gasteiger partial charge in [-0.1, -0.05) is 43.7 Å². The number of rotatable bonds is 8. The van der Waals surface area contributed by atoms with Gasteiger partial charge in [0.25, 0.3) is 0 Å². The number of carboxylic acid groups (broad SMARTS) is 1. The highest BCUT2D eigenvalue weighted by Gasteiger charge is 2.17. The molecule has 0 aliphatic rings. The number of nitrogens with two attached hydrogens (primary N) is 1. The van der Waals surface area contributed by atoms with E-state index in [9.17, 15) is 9.59 Å². The Morgan fingerprint density at radius 3 is 2.50 bits per heavy atom. The van der Waals surface area contributed by atoms with E-state index in [-0.39, 0.29) is 18.2 Å². The second-order valence-electron chi connectivity index (χ2n) is 4.91. The SMILES string of the molecule is CCC(CNC(=O)C(N)Cc1ccccc1)CC(=O)O. The van der Waals surface area contributed by atoms with Gasteiger partial charge in [-0.25, -0.2) is 0 Å². The molecule has 0 saturated heterocycles. The van der Waals surface area contributed by atoms with E-state index in [0.717, 1.165) is 5.56 Å². The van der Waals surface area contributed by atoms with Crippen molar-refractivity contribution in [2.75, 3.05) is 6.54 Å². The average molecular weight is 278 g/mol. The maximum absolute atomic E-state index is 11.9. The quantitative estimate of drug-likeness (QED) is 0.665. The molecule has 0 saturated carbocycles. The summed E-state index contributed by atoms with van der Waals surface area (Å²) in [6.45, 7) is 2.26. The van der Waals surface area contributed by atoms with E-state index in [0.29, 0.717) is 19.4 Å². The van der Waals surface area contributed by atoms with Crippen LogP contribution in [-0.2, 0) is 16.0 Å². The first-order valence-electron chi connectivity index (χ1n) is 6.82. The number of nitrogens with one attached hydrogen (secondary N) is 1. The predicted octanol–water partition coefficient (Wildman–Crippen LogP) is 1.17.